The summed E-state index contributed by atoms with van der Waals surface area (Å²) in [4.78, 5) is 18.8. The average molecular weight is 544 g/mol. The van der Waals surface area contributed by atoms with Crippen molar-refractivity contribution in [1.29, 1.82) is 0 Å². The molecule has 0 radical (unpaired) electrons. The van der Waals surface area contributed by atoms with Crippen molar-refractivity contribution < 1.29 is 17.9 Å². The van der Waals surface area contributed by atoms with Crippen LogP contribution in [0.3, 0.4) is 0 Å². The Morgan fingerprint density at radius 3 is 2.72 bits per heavy atom. The molecule has 3 aromatic heterocycles. The largest absolute Gasteiger partial charge is 0.379 e. The van der Waals surface area contributed by atoms with E-state index in [4.69, 9.17) is 4.74 Å². The van der Waals surface area contributed by atoms with Crippen LogP contribution >= 0.6 is 23.1 Å². The second kappa shape index (κ2) is 10.3. The van der Waals surface area contributed by atoms with Crippen LogP contribution in [0.15, 0.2) is 57.9 Å². The van der Waals surface area contributed by atoms with Gasteiger partial charge in [0.15, 0.2) is 11.6 Å². The molecule has 1 aromatic carbocycles. The Kier molecular flexibility index (Phi) is 7.13. The lowest BCUT2D eigenvalue weighted by Gasteiger charge is -2.26. The standard InChI is InChI=1S/C24H25N5O4S3/c1-16-13-20(21(30)15-35-24-25-23(26-27-24)22-7-4-12-34-22)17(2)29(16)18-5-3-6-19(14-18)36(31,32)28-8-10-33-11-9-28/h3-7,12-14H,8-11,15H2,1-2H3,(H,25,26,27). The molecule has 1 aliphatic rings. The lowest BCUT2D eigenvalue weighted by molar-refractivity contribution is 0.0730. The zero-order chi connectivity index (χ0) is 25.3. The van der Waals surface area contributed by atoms with Crippen molar-refractivity contribution in [3.63, 3.8) is 0 Å². The molecule has 188 valence electrons. The molecule has 1 saturated heterocycles. The van der Waals surface area contributed by atoms with Crippen molar-refractivity contribution in [2.45, 2.75) is 23.9 Å². The molecule has 4 aromatic rings. The van der Waals surface area contributed by atoms with E-state index in [2.05, 4.69) is 15.2 Å². The van der Waals surface area contributed by atoms with Crippen molar-refractivity contribution in [2.24, 2.45) is 0 Å². The normalized spacial score (nSPS) is 14.8. The Hall–Kier alpha value is -2.77. The van der Waals surface area contributed by atoms with Gasteiger partial charge in [-0.2, -0.15) is 4.31 Å². The molecule has 1 fully saturated rings. The quantitative estimate of drug-likeness (QED) is 0.265. The summed E-state index contributed by atoms with van der Waals surface area (Å²) in [5, 5.41) is 9.61. The third-order valence-electron chi connectivity index (χ3n) is 5.97. The molecule has 0 amide bonds. The average Bonchev–Trinajstić information content (AvgIpc) is 3.64. The van der Waals surface area contributed by atoms with Gasteiger partial charge < -0.3 is 9.30 Å². The number of carbonyl (C=O) groups excluding carboxylic acids is 1. The van der Waals surface area contributed by atoms with Crippen molar-refractivity contribution in [1.82, 2.24) is 24.1 Å². The highest BCUT2D eigenvalue weighted by Gasteiger charge is 2.27. The second-order valence-corrected chi connectivity index (χ2v) is 12.1. The molecular formula is C24H25N5O4S3. The lowest BCUT2D eigenvalue weighted by Crippen LogP contribution is -2.40. The van der Waals surface area contributed by atoms with Crippen molar-refractivity contribution in [2.75, 3.05) is 32.1 Å². The third kappa shape index (κ3) is 4.91. The van der Waals surface area contributed by atoms with Crippen LogP contribution in [-0.2, 0) is 14.8 Å². The number of hydrogen-bond acceptors (Lipinski definition) is 8. The minimum Gasteiger partial charge on any atom is -0.379 e. The minimum absolute atomic E-state index is 0.0427. The van der Waals surface area contributed by atoms with Gasteiger partial charge in [0, 0.05) is 35.7 Å². The minimum atomic E-state index is -3.63. The van der Waals surface area contributed by atoms with E-state index in [0.717, 1.165) is 16.3 Å². The molecular weight excluding hydrogens is 518 g/mol. The van der Waals surface area contributed by atoms with Crippen LogP contribution in [0, 0.1) is 13.8 Å². The number of Topliss-reactive ketones (excluding diaryl/α,β-unsaturated/α-hetero) is 1. The Labute approximate surface area is 217 Å². The Morgan fingerprint density at radius 2 is 1.97 bits per heavy atom. The fourth-order valence-corrected chi connectivity index (χ4v) is 7.00. The first-order valence-electron chi connectivity index (χ1n) is 11.3. The Bertz CT molecular complexity index is 1490. The second-order valence-electron chi connectivity index (χ2n) is 8.29. The number of aromatic nitrogens is 4. The zero-order valence-electron chi connectivity index (χ0n) is 19.8. The van der Waals surface area contributed by atoms with Crippen molar-refractivity contribution >= 4 is 38.9 Å². The first-order valence-corrected chi connectivity index (χ1v) is 14.6. The molecule has 9 nitrogen and oxygen atoms in total. The molecule has 1 N–H and O–H groups in total. The highest BCUT2D eigenvalue weighted by molar-refractivity contribution is 7.99. The third-order valence-corrected chi connectivity index (χ3v) is 9.59. The summed E-state index contributed by atoms with van der Waals surface area (Å²) in [6.45, 7) is 5.23. The topological polar surface area (TPSA) is 110 Å². The fourth-order valence-electron chi connectivity index (χ4n) is 4.20. The van der Waals surface area contributed by atoms with E-state index in [9.17, 15) is 13.2 Å². The zero-order valence-corrected chi connectivity index (χ0v) is 22.3. The number of H-pyrrole nitrogens is 1. The number of nitrogens with zero attached hydrogens (tertiary/aromatic N) is 4. The van der Waals surface area contributed by atoms with Crippen LogP contribution in [-0.4, -0.2) is 70.3 Å². The summed E-state index contributed by atoms with van der Waals surface area (Å²) in [6, 6.07) is 12.6. The van der Waals surface area contributed by atoms with Gasteiger partial charge in [0.2, 0.25) is 15.2 Å². The number of aryl methyl sites for hydroxylation is 1. The van der Waals surface area contributed by atoms with Gasteiger partial charge in [-0.3, -0.25) is 9.89 Å². The highest BCUT2D eigenvalue weighted by Crippen LogP contribution is 2.27. The van der Waals surface area contributed by atoms with Gasteiger partial charge in [-0.25, -0.2) is 13.4 Å². The monoisotopic (exact) mass is 543 g/mol. The van der Waals surface area contributed by atoms with Gasteiger partial charge >= 0.3 is 0 Å². The smallest absolute Gasteiger partial charge is 0.243 e. The van der Waals surface area contributed by atoms with Crippen LogP contribution in [0.5, 0.6) is 0 Å². The van der Waals surface area contributed by atoms with Gasteiger partial charge in [0.25, 0.3) is 0 Å². The first-order chi connectivity index (χ1) is 17.3. The Morgan fingerprint density at radius 1 is 1.17 bits per heavy atom. The number of benzene rings is 1. The van der Waals surface area contributed by atoms with Crippen LogP contribution in [0.25, 0.3) is 16.4 Å². The SMILES string of the molecule is Cc1cc(C(=O)CSc2n[nH]c(-c3cccs3)n2)c(C)n1-c1cccc(S(=O)(=O)N2CCOCC2)c1. The van der Waals surface area contributed by atoms with Crippen LogP contribution in [0.1, 0.15) is 21.7 Å². The maximum absolute atomic E-state index is 13.1. The van der Waals surface area contributed by atoms with E-state index in [-0.39, 0.29) is 16.4 Å². The molecule has 0 bridgehead atoms. The molecule has 0 atom stereocenters. The number of carbonyl (C=O) groups is 1. The molecule has 1 aliphatic heterocycles. The molecule has 0 spiro atoms. The maximum atomic E-state index is 13.1. The van der Waals surface area contributed by atoms with Crippen molar-refractivity contribution in [3.05, 3.63) is 64.8 Å². The summed E-state index contributed by atoms with van der Waals surface area (Å²) in [7, 11) is -3.63. The van der Waals surface area contributed by atoms with Gasteiger partial charge in [0.05, 0.1) is 28.7 Å². The van der Waals surface area contributed by atoms with Gasteiger partial charge in [0.1, 0.15) is 0 Å². The number of thiophene rings is 1. The molecule has 0 unspecified atom stereocenters. The summed E-state index contributed by atoms with van der Waals surface area (Å²) in [5.74, 6) is 0.834. The number of thioether (sulfide) groups is 1. The van der Waals surface area contributed by atoms with Crippen molar-refractivity contribution in [3.8, 4) is 16.4 Å². The van der Waals surface area contributed by atoms with Gasteiger partial charge in [-0.15, -0.1) is 16.4 Å². The Balaban J connectivity index is 1.35. The predicted molar refractivity (Wildman–Crippen MR) is 140 cm³/mol. The first kappa shape index (κ1) is 24.9. The van der Waals surface area contributed by atoms with E-state index in [1.807, 2.05) is 48.1 Å². The molecule has 5 rings (SSSR count). The van der Waals surface area contributed by atoms with Gasteiger partial charge in [-0.05, 0) is 49.6 Å². The number of ketones is 1. The lowest BCUT2D eigenvalue weighted by atomic mass is 10.2. The number of rotatable bonds is 8. The fraction of sp³-hybridized carbons (Fsp3) is 0.292. The highest BCUT2D eigenvalue weighted by atomic mass is 32.2. The van der Waals surface area contributed by atoms with E-state index in [1.54, 1.807) is 29.5 Å². The number of sulfonamides is 1. The number of morpholine rings is 1. The summed E-state index contributed by atoms with van der Waals surface area (Å²) < 4.78 is 34.9. The molecule has 0 saturated carbocycles. The van der Waals surface area contributed by atoms with Gasteiger partial charge in [-0.1, -0.05) is 23.9 Å². The van der Waals surface area contributed by atoms with E-state index < -0.39 is 10.0 Å². The van der Waals surface area contributed by atoms with E-state index >= 15 is 0 Å². The van der Waals surface area contributed by atoms with E-state index in [1.165, 1.54) is 16.1 Å². The summed E-state index contributed by atoms with van der Waals surface area (Å²) in [6.07, 6.45) is 0. The molecule has 0 aliphatic carbocycles. The van der Waals surface area contributed by atoms with Crippen LogP contribution in [0.2, 0.25) is 0 Å². The number of ether oxygens (including phenoxy) is 1. The van der Waals surface area contributed by atoms with Crippen LogP contribution < -0.4 is 0 Å². The maximum Gasteiger partial charge on any atom is 0.243 e. The van der Waals surface area contributed by atoms with Crippen LogP contribution in [0.4, 0.5) is 0 Å². The van der Waals surface area contributed by atoms with E-state index in [0.29, 0.717) is 48.5 Å². The summed E-state index contributed by atoms with van der Waals surface area (Å²) in [5.41, 5.74) is 2.89. The number of nitrogens with one attached hydrogen (secondary N) is 1. The number of aromatic amines is 1. The molecule has 4 heterocycles. The predicted octanol–water partition coefficient (Wildman–Crippen LogP) is 3.94. The number of hydrogen-bond donors (Lipinski definition) is 1. The summed E-state index contributed by atoms with van der Waals surface area (Å²) >= 11 is 2.85. The molecule has 12 heteroatoms. The molecule has 36 heavy (non-hydrogen) atoms.